The molecule has 0 saturated heterocycles. The molecule has 0 spiro atoms. The Hall–Kier alpha value is -2.02. The molecular formula is C21H21Cl2N3O2S. The number of para-hydroxylation sites is 1. The highest BCUT2D eigenvalue weighted by Gasteiger charge is 2.15. The summed E-state index contributed by atoms with van der Waals surface area (Å²) in [4.78, 5) is 30.0. The number of hydrogen-bond donors (Lipinski definition) is 1. The largest absolute Gasteiger partial charge is 0.323 e. The summed E-state index contributed by atoms with van der Waals surface area (Å²) in [5.41, 5.74) is 1.76. The van der Waals surface area contributed by atoms with Crippen LogP contribution >= 0.6 is 35.0 Å². The Bertz CT molecular complexity index is 1120. The standard InChI is InChI=1S/C21H21Cl2N3O2S/c1-3-4-11-26-20(28)14-7-5-6-8-16(14)24-21(26)29-12-17(27)25-19-15(22)10-9-13(2)18(19)23/h5-10H,3-4,11-12H2,1-2H3,(H,25,27). The Kier molecular flexibility index (Phi) is 7.22. The van der Waals surface area contributed by atoms with Crippen LogP contribution in [-0.4, -0.2) is 21.2 Å². The number of hydrogen-bond acceptors (Lipinski definition) is 4. The van der Waals surface area contributed by atoms with Crippen molar-refractivity contribution in [2.24, 2.45) is 0 Å². The third-order valence-corrected chi connectivity index (χ3v) is 6.22. The van der Waals surface area contributed by atoms with E-state index in [1.165, 1.54) is 11.8 Å². The van der Waals surface area contributed by atoms with Crippen molar-refractivity contribution in [2.75, 3.05) is 11.1 Å². The van der Waals surface area contributed by atoms with Gasteiger partial charge in [-0.15, -0.1) is 0 Å². The van der Waals surface area contributed by atoms with Crippen molar-refractivity contribution in [2.45, 2.75) is 38.4 Å². The first-order valence-corrected chi connectivity index (χ1v) is 11.0. The zero-order valence-corrected chi connectivity index (χ0v) is 18.5. The van der Waals surface area contributed by atoms with Gasteiger partial charge < -0.3 is 5.32 Å². The maximum absolute atomic E-state index is 12.9. The minimum absolute atomic E-state index is 0.0809. The summed E-state index contributed by atoms with van der Waals surface area (Å²) >= 11 is 13.7. The number of anilines is 1. The second-order valence-corrected chi connectivity index (χ2v) is 8.34. The highest BCUT2D eigenvalue weighted by molar-refractivity contribution is 7.99. The van der Waals surface area contributed by atoms with Crippen molar-refractivity contribution in [3.05, 3.63) is 62.4 Å². The predicted molar refractivity (Wildman–Crippen MR) is 121 cm³/mol. The van der Waals surface area contributed by atoms with E-state index in [0.29, 0.717) is 38.3 Å². The van der Waals surface area contributed by atoms with Gasteiger partial charge in [0, 0.05) is 6.54 Å². The molecule has 5 nitrogen and oxygen atoms in total. The molecular weight excluding hydrogens is 429 g/mol. The zero-order valence-electron chi connectivity index (χ0n) is 16.2. The topological polar surface area (TPSA) is 64.0 Å². The van der Waals surface area contributed by atoms with Crippen LogP contribution in [0, 0.1) is 6.92 Å². The zero-order chi connectivity index (χ0) is 21.0. The molecule has 0 fully saturated rings. The monoisotopic (exact) mass is 449 g/mol. The van der Waals surface area contributed by atoms with E-state index in [0.717, 1.165) is 18.4 Å². The molecule has 152 valence electrons. The number of unbranched alkanes of at least 4 members (excludes halogenated alkanes) is 1. The molecule has 0 bridgehead atoms. The number of rotatable bonds is 7. The molecule has 0 aliphatic rings. The van der Waals surface area contributed by atoms with Crippen molar-refractivity contribution in [1.29, 1.82) is 0 Å². The molecule has 1 aromatic heterocycles. The summed E-state index contributed by atoms with van der Waals surface area (Å²) in [5.74, 6) is -0.189. The van der Waals surface area contributed by atoms with E-state index in [1.807, 2.05) is 19.1 Å². The fourth-order valence-corrected chi connectivity index (χ4v) is 4.14. The molecule has 0 aliphatic heterocycles. The molecule has 0 saturated carbocycles. The Morgan fingerprint density at radius 1 is 1.21 bits per heavy atom. The second kappa shape index (κ2) is 9.65. The Morgan fingerprint density at radius 3 is 2.72 bits per heavy atom. The van der Waals surface area contributed by atoms with E-state index in [1.54, 1.807) is 28.8 Å². The first-order valence-electron chi connectivity index (χ1n) is 9.29. The average Bonchev–Trinajstić information content (AvgIpc) is 2.72. The highest BCUT2D eigenvalue weighted by atomic mass is 35.5. The predicted octanol–water partition coefficient (Wildman–Crippen LogP) is 5.54. The first kappa shape index (κ1) is 21.7. The average molecular weight is 450 g/mol. The minimum Gasteiger partial charge on any atom is -0.323 e. The van der Waals surface area contributed by atoms with Crippen molar-refractivity contribution in [1.82, 2.24) is 9.55 Å². The van der Waals surface area contributed by atoms with Crippen LogP contribution in [0.5, 0.6) is 0 Å². The van der Waals surface area contributed by atoms with E-state index in [4.69, 9.17) is 23.2 Å². The molecule has 1 N–H and O–H groups in total. The number of nitrogens with zero attached hydrogens (tertiary/aromatic N) is 2. The fraction of sp³-hybridized carbons (Fsp3) is 0.286. The van der Waals surface area contributed by atoms with E-state index >= 15 is 0 Å². The normalized spacial score (nSPS) is 11.0. The van der Waals surface area contributed by atoms with Gasteiger partial charge in [-0.25, -0.2) is 4.98 Å². The van der Waals surface area contributed by atoms with Gasteiger partial charge in [-0.1, -0.05) is 66.5 Å². The molecule has 0 radical (unpaired) electrons. The second-order valence-electron chi connectivity index (χ2n) is 6.61. The quantitative estimate of drug-likeness (QED) is 0.379. The summed E-state index contributed by atoms with van der Waals surface area (Å²) in [6.07, 6.45) is 1.81. The molecule has 0 unspecified atom stereocenters. The summed E-state index contributed by atoms with van der Waals surface area (Å²) in [5, 5.41) is 4.66. The van der Waals surface area contributed by atoms with E-state index in [2.05, 4.69) is 17.2 Å². The Labute approximate surface area is 183 Å². The number of aryl methyl sites for hydroxylation is 1. The Morgan fingerprint density at radius 2 is 1.97 bits per heavy atom. The van der Waals surface area contributed by atoms with Gasteiger partial charge in [-0.2, -0.15) is 0 Å². The molecule has 3 rings (SSSR count). The molecule has 1 amide bonds. The Balaban J connectivity index is 1.83. The fourth-order valence-electron chi connectivity index (χ4n) is 2.85. The third-order valence-electron chi connectivity index (χ3n) is 4.44. The van der Waals surface area contributed by atoms with Crippen molar-refractivity contribution < 1.29 is 4.79 Å². The number of aromatic nitrogens is 2. The molecule has 3 aromatic rings. The maximum Gasteiger partial charge on any atom is 0.262 e. The summed E-state index contributed by atoms with van der Waals surface area (Å²) in [7, 11) is 0. The lowest BCUT2D eigenvalue weighted by Crippen LogP contribution is -2.24. The number of nitrogens with one attached hydrogen (secondary N) is 1. The van der Waals surface area contributed by atoms with Gasteiger partial charge in [0.1, 0.15) is 0 Å². The van der Waals surface area contributed by atoms with Gasteiger partial charge in [0.15, 0.2) is 5.16 Å². The van der Waals surface area contributed by atoms with Gasteiger partial charge in [0.05, 0.1) is 32.4 Å². The van der Waals surface area contributed by atoms with Crippen LogP contribution in [0.2, 0.25) is 10.0 Å². The van der Waals surface area contributed by atoms with Crippen LogP contribution in [0.4, 0.5) is 5.69 Å². The smallest absolute Gasteiger partial charge is 0.262 e. The lowest BCUT2D eigenvalue weighted by molar-refractivity contribution is -0.113. The van der Waals surface area contributed by atoms with Crippen molar-refractivity contribution in [3.63, 3.8) is 0 Å². The lowest BCUT2D eigenvalue weighted by atomic mass is 10.2. The lowest BCUT2D eigenvalue weighted by Gasteiger charge is -2.14. The van der Waals surface area contributed by atoms with Crippen LogP contribution in [0.1, 0.15) is 25.3 Å². The number of carbonyl (C=O) groups is 1. The molecule has 2 aromatic carbocycles. The van der Waals surface area contributed by atoms with Crippen molar-refractivity contribution >= 4 is 57.5 Å². The number of carbonyl (C=O) groups excluding carboxylic acids is 1. The maximum atomic E-state index is 12.9. The number of amides is 1. The molecule has 0 aliphatic carbocycles. The van der Waals surface area contributed by atoms with Crippen LogP contribution in [-0.2, 0) is 11.3 Å². The molecule has 29 heavy (non-hydrogen) atoms. The highest BCUT2D eigenvalue weighted by Crippen LogP contribution is 2.33. The first-order chi connectivity index (χ1) is 13.9. The number of halogens is 2. The molecule has 1 heterocycles. The van der Waals surface area contributed by atoms with Crippen LogP contribution in [0.15, 0.2) is 46.3 Å². The summed E-state index contributed by atoms with van der Waals surface area (Å²) in [6.45, 7) is 4.47. The van der Waals surface area contributed by atoms with Gasteiger partial charge in [0.2, 0.25) is 5.91 Å². The third kappa shape index (κ3) is 4.94. The van der Waals surface area contributed by atoms with Crippen LogP contribution < -0.4 is 10.9 Å². The van der Waals surface area contributed by atoms with Crippen LogP contribution in [0.3, 0.4) is 0 Å². The number of fused-ring (bicyclic) bond motifs is 1. The van der Waals surface area contributed by atoms with Crippen LogP contribution in [0.25, 0.3) is 10.9 Å². The minimum atomic E-state index is -0.270. The van der Waals surface area contributed by atoms with E-state index in [9.17, 15) is 9.59 Å². The number of thioether (sulfide) groups is 1. The molecule has 8 heteroatoms. The number of benzene rings is 2. The summed E-state index contributed by atoms with van der Waals surface area (Å²) in [6, 6.07) is 10.7. The van der Waals surface area contributed by atoms with Gasteiger partial charge in [0.25, 0.3) is 5.56 Å². The molecule has 0 atom stereocenters. The van der Waals surface area contributed by atoms with Gasteiger partial charge >= 0.3 is 0 Å². The van der Waals surface area contributed by atoms with Crippen molar-refractivity contribution in [3.8, 4) is 0 Å². The summed E-state index contributed by atoms with van der Waals surface area (Å²) < 4.78 is 1.65. The van der Waals surface area contributed by atoms with E-state index in [-0.39, 0.29) is 17.2 Å². The van der Waals surface area contributed by atoms with Gasteiger partial charge in [-0.05, 0) is 37.1 Å². The SMILES string of the molecule is CCCCn1c(SCC(=O)Nc2c(Cl)ccc(C)c2Cl)nc2ccccc2c1=O. The van der Waals surface area contributed by atoms with E-state index < -0.39 is 0 Å². The van der Waals surface area contributed by atoms with Gasteiger partial charge in [-0.3, -0.25) is 14.2 Å².